The standard InChI is InChI=1S/C17H12N2O2S3/c1-21-16(20)10-24-17-12(9-18)11(14-4-2-6-22-14)8-13(19-17)15-5-3-7-23-15/h2-8H,10H2,1H3. The van der Waals surface area contributed by atoms with Crippen LogP contribution in [0.15, 0.2) is 46.1 Å². The number of esters is 1. The van der Waals surface area contributed by atoms with Gasteiger partial charge in [0.25, 0.3) is 0 Å². The smallest absolute Gasteiger partial charge is 0.316 e. The van der Waals surface area contributed by atoms with Gasteiger partial charge in [0.05, 0.1) is 29.0 Å². The minimum absolute atomic E-state index is 0.121. The van der Waals surface area contributed by atoms with Crippen LogP contribution in [0.1, 0.15) is 5.56 Å². The summed E-state index contributed by atoms with van der Waals surface area (Å²) in [6, 6.07) is 12.1. The molecule has 3 aromatic heterocycles. The first-order valence-electron chi connectivity index (χ1n) is 6.95. The van der Waals surface area contributed by atoms with E-state index in [2.05, 4.69) is 15.8 Å². The number of hydrogen-bond acceptors (Lipinski definition) is 7. The molecule has 120 valence electrons. The Bertz CT molecular complexity index is 881. The molecular weight excluding hydrogens is 360 g/mol. The van der Waals surface area contributed by atoms with Gasteiger partial charge < -0.3 is 4.74 Å². The molecule has 0 N–H and O–H groups in total. The summed E-state index contributed by atoms with van der Waals surface area (Å²) in [6.07, 6.45) is 0. The maximum Gasteiger partial charge on any atom is 0.316 e. The molecule has 0 fully saturated rings. The van der Waals surface area contributed by atoms with Gasteiger partial charge in [-0.15, -0.1) is 22.7 Å². The van der Waals surface area contributed by atoms with Crippen LogP contribution in [0.5, 0.6) is 0 Å². The van der Waals surface area contributed by atoms with E-state index in [0.29, 0.717) is 10.6 Å². The Kier molecular flexibility index (Phi) is 5.30. The number of thioether (sulfide) groups is 1. The van der Waals surface area contributed by atoms with Crippen LogP contribution in [0.4, 0.5) is 0 Å². The number of methoxy groups -OCH3 is 1. The molecule has 0 aromatic carbocycles. The Hall–Kier alpha value is -2.14. The van der Waals surface area contributed by atoms with Crippen LogP contribution in [-0.4, -0.2) is 23.8 Å². The average molecular weight is 372 g/mol. The maximum absolute atomic E-state index is 11.5. The SMILES string of the molecule is COC(=O)CSc1nc(-c2cccs2)cc(-c2cccs2)c1C#N. The van der Waals surface area contributed by atoms with Crippen molar-refractivity contribution in [2.75, 3.05) is 12.9 Å². The number of carbonyl (C=O) groups is 1. The molecule has 0 atom stereocenters. The number of thiophene rings is 2. The highest BCUT2D eigenvalue weighted by atomic mass is 32.2. The lowest BCUT2D eigenvalue weighted by atomic mass is 10.1. The van der Waals surface area contributed by atoms with Gasteiger partial charge in [-0.05, 0) is 29.0 Å². The third-order valence-electron chi connectivity index (χ3n) is 3.21. The average Bonchev–Trinajstić information content (AvgIpc) is 3.32. The Balaban J connectivity index is 2.12. The van der Waals surface area contributed by atoms with Gasteiger partial charge in [-0.2, -0.15) is 5.26 Å². The van der Waals surface area contributed by atoms with Crippen molar-refractivity contribution in [2.24, 2.45) is 0 Å². The Morgan fingerprint density at radius 1 is 1.29 bits per heavy atom. The normalized spacial score (nSPS) is 10.3. The van der Waals surface area contributed by atoms with Crippen molar-refractivity contribution < 1.29 is 9.53 Å². The summed E-state index contributed by atoms with van der Waals surface area (Å²) in [6.45, 7) is 0. The number of nitrogens with zero attached hydrogens (tertiary/aromatic N) is 2. The summed E-state index contributed by atoms with van der Waals surface area (Å²) in [7, 11) is 1.35. The second-order valence-corrected chi connectivity index (χ2v) is 7.53. The van der Waals surface area contributed by atoms with E-state index in [0.717, 1.165) is 21.0 Å². The molecule has 0 amide bonds. The van der Waals surface area contributed by atoms with Gasteiger partial charge in [0.15, 0.2) is 0 Å². The zero-order valence-electron chi connectivity index (χ0n) is 12.7. The molecule has 3 rings (SSSR count). The molecule has 0 bridgehead atoms. The van der Waals surface area contributed by atoms with Crippen LogP contribution >= 0.6 is 34.4 Å². The van der Waals surface area contributed by atoms with E-state index < -0.39 is 0 Å². The van der Waals surface area contributed by atoms with Crippen molar-refractivity contribution >= 4 is 40.4 Å². The first-order chi connectivity index (χ1) is 11.7. The van der Waals surface area contributed by atoms with Gasteiger partial charge in [-0.1, -0.05) is 23.9 Å². The molecule has 3 heterocycles. The Morgan fingerprint density at radius 3 is 2.58 bits per heavy atom. The predicted molar refractivity (Wildman–Crippen MR) is 98.3 cm³/mol. The molecule has 0 saturated heterocycles. The quantitative estimate of drug-likeness (QED) is 0.481. The molecule has 0 aliphatic rings. The number of aromatic nitrogens is 1. The van der Waals surface area contributed by atoms with E-state index in [4.69, 9.17) is 0 Å². The van der Waals surface area contributed by atoms with Gasteiger partial charge in [0, 0.05) is 10.4 Å². The summed E-state index contributed by atoms with van der Waals surface area (Å²) in [5, 5.41) is 14.1. The Morgan fingerprint density at radius 2 is 2.00 bits per heavy atom. The molecule has 0 radical (unpaired) electrons. The minimum Gasteiger partial charge on any atom is -0.468 e. The second-order valence-electron chi connectivity index (χ2n) is 4.67. The lowest BCUT2D eigenvalue weighted by Gasteiger charge is -2.10. The third-order valence-corrected chi connectivity index (χ3v) is 5.96. The van der Waals surface area contributed by atoms with Crippen LogP contribution < -0.4 is 0 Å². The number of carbonyl (C=O) groups excluding carboxylic acids is 1. The van der Waals surface area contributed by atoms with E-state index in [9.17, 15) is 10.1 Å². The van der Waals surface area contributed by atoms with Crippen molar-refractivity contribution in [2.45, 2.75) is 5.03 Å². The molecule has 0 aliphatic carbocycles. The van der Waals surface area contributed by atoms with Crippen molar-refractivity contribution in [1.29, 1.82) is 5.26 Å². The third kappa shape index (κ3) is 3.51. The number of ether oxygens (including phenoxy) is 1. The van der Waals surface area contributed by atoms with Crippen LogP contribution in [0, 0.1) is 11.3 Å². The highest BCUT2D eigenvalue weighted by Crippen LogP contribution is 2.37. The zero-order valence-corrected chi connectivity index (χ0v) is 15.1. The molecular formula is C17H12N2O2S3. The first kappa shape index (κ1) is 16.7. The fourth-order valence-corrected chi connectivity index (χ4v) is 4.37. The van der Waals surface area contributed by atoms with Crippen molar-refractivity contribution in [3.05, 3.63) is 46.7 Å². The van der Waals surface area contributed by atoms with E-state index in [1.165, 1.54) is 18.9 Å². The van der Waals surface area contributed by atoms with Gasteiger partial charge in [-0.25, -0.2) is 4.98 Å². The van der Waals surface area contributed by atoms with Gasteiger partial charge in [0.2, 0.25) is 0 Å². The zero-order chi connectivity index (χ0) is 16.9. The molecule has 24 heavy (non-hydrogen) atoms. The monoisotopic (exact) mass is 372 g/mol. The van der Waals surface area contributed by atoms with Crippen LogP contribution in [0.25, 0.3) is 21.0 Å². The predicted octanol–water partition coefficient (Wildman–Crippen LogP) is 4.68. The highest BCUT2D eigenvalue weighted by Gasteiger charge is 2.17. The summed E-state index contributed by atoms with van der Waals surface area (Å²) in [5.41, 5.74) is 2.14. The molecule has 3 aromatic rings. The van der Waals surface area contributed by atoms with Crippen LogP contribution in [-0.2, 0) is 9.53 Å². The fourth-order valence-electron chi connectivity index (χ4n) is 2.10. The fraction of sp³-hybridized carbons (Fsp3) is 0.118. The van der Waals surface area contributed by atoms with E-state index in [1.54, 1.807) is 22.7 Å². The van der Waals surface area contributed by atoms with Gasteiger partial charge >= 0.3 is 5.97 Å². The van der Waals surface area contributed by atoms with Gasteiger partial charge in [0.1, 0.15) is 11.1 Å². The van der Waals surface area contributed by atoms with E-state index in [-0.39, 0.29) is 11.7 Å². The van der Waals surface area contributed by atoms with Crippen LogP contribution in [0.2, 0.25) is 0 Å². The molecule has 0 saturated carbocycles. The molecule has 0 spiro atoms. The summed E-state index contributed by atoms with van der Waals surface area (Å²) >= 11 is 4.39. The summed E-state index contributed by atoms with van der Waals surface area (Å²) < 4.78 is 4.68. The van der Waals surface area contributed by atoms with Crippen molar-refractivity contribution in [3.8, 4) is 27.1 Å². The van der Waals surface area contributed by atoms with Crippen LogP contribution in [0.3, 0.4) is 0 Å². The molecule has 0 unspecified atom stereocenters. The topological polar surface area (TPSA) is 63.0 Å². The molecule has 4 nitrogen and oxygen atoms in total. The maximum atomic E-state index is 11.5. The molecule has 0 aliphatic heterocycles. The lowest BCUT2D eigenvalue weighted by Crippen LogP contribution is -2.04. The minimum atomic E-state index is -0.343. The highest BCUT2D eigenvalue weighted by molar-refractivity contribution is 7.99. The van der Waals surface area contributed by atoms with E-state index in [1.807, 2.05) is 41.1 Å². The summed E-state index contributed by atoms with van der Waals surface area (Å²) in [4.78, 5) is 18.1. The second kappa shape index (κ2) is 7.62. The number of nitriles is 1. The number of pyridine rings is 1. The summed E-state index contributed by atoms with van der Waals surface area (Å²) in [5.74, 6) is -0.222. The largest absolute Gasteiger partial charge is 0.468 e. The number of hydrogen-bond donors (Lipinski definition) is 0. The number of rotatable bonds is 5. The Labute approximate surface area is 151 Å². The lowest BCUT2D eigenvalue weighted by molar-refractivity contribution is -0.137. The van der Waals surface area contributed by atoms with E-state index >= 15 is 0 Å². The molecule has 7 heteroatoms. The van der Waals surface area contributed by atoms with Gasteiger partial charge in [-0.3, -0.25) is 4.79 Å². The van der Waals surface area contributed by atoms with Crippen molar-refractivity contribution in [1.82, 2.24) is 4.98 Å². The first-order valence-corrected chi connectivity index (χ1v) is 9.70. The van der Waals surface area contributed by atoms with Crippen molar-refractivity contribution in [3.63, 3.8) is 0 Å².